The Morgan fingerprint density at radius 3 is 1.34 bits per heavy atom. The van der Waals surface area contributed by atoms with Crippen LogP contribution in [0.1, 0.15) is 53.1 Å². The van der Waals surface area contributed by atoms with Gasteiger partial charge in [-0.1, -0.05) is 148 Å². The van der Waals surface area contributed by atoms with Gasteiger partial charge in [-0.25, -0.2) is 0 Å². The summed E-state index contributed by atoms with van der Waals surface area (Å²) in [6.07, 6.45) is 11.8. The van der Waals surface area contributed by atoms with Crippen molar-refractivity contribution >= 4 is 142 Å². The molecule has 10 rings (SSSR count). The Hall–Kier alpha value is -3.81. The molecule has 344 valence electrons. The zero-order valence-electron chi connectivity index (χ0n) is 39.4. The third-order valence-corrected chi connectivity index (χ3v) is 24.9. The number of para-hydroxylation sites is 2. The molecule has 8 aromatic carbocycles. The predicted molar refractivity (Wildman–Crippen MR) is 315 cm³/mol. The van der Waals surface area contributed by atoms with Crippen molar-refractivity contribution in [2.75, 3.05) is 14.2 Å². The van der Waals surface area contributed by atoms with E-state index in [1.165, 1.54) is 88.7 Å². The Labute approximate surface area is 446 Å². The summed E-state index contributed by atoms with van der Waals surface area (Å²) in [7, 11) is 2.41. The summed E-state index contributed by atoms with van der Waals surface area (Å²) >= 11 is 16.9. The van der Waals surface area contributed by atoms with Crippen molar-refractivity contribution < 1.29 is 28.3 Å². The van der Waals surface area contributed by atoms with E-state index in [4.69, 9.17) is 9.47 Å². The second-order valence-electron chi connectivity index (χ2n) is 16.5. The standard InChI is InChI=1S/C26H24OSi.C26H22OSi.C4H9.Li.S4.S3/c2*1-27-23-13-7-8-14-26(23)28(2,24-17-15-19-9-3-5-11-21(19)24)25-18-16-20-10-4-6-12-22(20)25;1-3-4-2;;1-3-4-2;1-3-2/h3-18,24-25H,1-2H3;3-18H,1-2H3;1,3-4H2,2H3;;;/q;-2;-1;+1;;. The van der Waals surface area contributed by atoms with Crippen LogP contribution in [-0.4, -0.2) is 30.4 Å². The first-order chi connectivity index (χ1) is 32.7. The Kier molecular flexibility index (Phi) is 21.9. The number of fused-ring (bicyclic) bond motifs is 4. The third kappa shape index (κ3) is 11.8. The van der Waals surface area contributed by atoms with E-state index >= 15 is 0 Å². The second kappa shape index (κ2) is 27.0. The van der Waals surface area contributed by atoms with Crippen molar-refractivity contribution in [3.8, 4) is 11.5 Å². The molecule has 2 nitrogen and oxygen atoms in total. The van der Waals surface area contributed by atoms with Crippen LogP contribution in [0.4, 0.5) is 0 Å². The number of unbranched alkanes of at least 4 members (excludes halogenated alkanes) is 1. The van der Waals surface area contributed by atoms with Crippen LogP contribution in [0.3, 0.4) is 0 Å². The van der Waals surface area contributed by atoms with Gasteiger partial charge in [-0.2, -0.15) is 30.7 Å². The molecular formula is C56H55LiO2S7Si2-2. The largest absolute Gasteiger partial charge is 1.00 e. The van der Waals surface area contributed by atoms with Gasteiger partial charge >= 0.3 is 18.9 Å². The molecule has 0 amide bonds. The molecule has 2 aliphatic carbocycles. The molecule has 2 atom stereocenters. The van der Waals surface area contributed by atoms with Gasteiger partial charge < -0.3 is 16.4 Å². The van der Waals surface area contributed by atoms with Crippen molar-refractivity contribution in [3.63, 3.8) is 0 Å². The average Bonchev–Trinajstić information content (AvgIpc) is 4.22. The van der Waals surface area contributed by atoms with Crippen molar-refractivity contribution in [1.82, 2.24) is 0 Å². The van der Waals surface area contributed by atoms with Gasteiger partial charge in [0.2, 0.25) is 0 Å². The monoisotopic (exact) mass is 1050 g/mol. The van der Waals surface area contributed by atoms with Gasteiger partial charge in [0.1, 0.15) is 19.6 Å². The number of methoxy groups -OCH3 is 2. The Morgan fingerprint density at radius 2 is 0.912 bits per heavy atom. The third-order valence-electron chi connectivity index (χ3n) is 13.0. The SMILES string of the molecule is COc1ccccc1[Si](C)(C1C=Cc2ccccc21)C1C=Cc2ccccc21.COc1ccccc1[Si](C)([c-]1ccc2ccccc21)[c-]1ccc2ccccc21.S=S=S.S=S=S=S.[CH2-]CCC.[Li+]. The topological polar surface area (TPSA) is 18.5 Å². The number of rotatable bonds is 9. The minimum absolute atomic E-state index is 0. The van der Waals surface area contributed by atoms with E-state index in [0.717, 1.165) is 26.8 Å². The maximum atomic E-state index is 5.87. The number of hydrogen-bond donors (Lipinski definition) is 0. The summed E-state index contributed by atoms with van der Waals surface area (Å²) in [6.45, 7) is 10.7. The molecule has 0 heterocycles. The van der Waals surface area contributed by atoms with Gasteiger partial charge in [0.05, 0.1) is 22.3 Å². The van der Waals surface area contributed by atoms with Gasteiger partial charge in [-0.15, -0.1) is 68.3 Å². The average molecular weight is 1050 g/mol. The summed E-state index contributed by atoms with van der Waals surface area (Å²) in [5.41, 5.74) is 6.47. The van der Waals surface area contributed by atoms with Crippen LogP contribution in [0.2, 0.25) is 13.1 Å². The van der Waals surface area contributed by atoms with Crippen molar-refractivity contribution in [1.29, 1.82) is 0 Å². The zero-order chi connectivity index (χ0) is 47.8. The molecule has 0 spiro atoms. The molecule has 0 radical (unpaired) electrons. The first-order valence-corrected chi connectivity index (χ1v) is 33.9. The smallest absolute Gasteiger partial charge is 0.497 e. The molecule has 8 aromatic rings. The maximum Gasteiger partial charge on any atom is 1.00 e. The maximum absolute atomic E-state index is 5.87. The van der Waals surface area contributed by atoms with E-state index in [0.29, 0.717) is 11.1 Å². The second-order valence-corrected chi connectivity index (χ2v) is 30.0. The first-order valence-electron chi connectivity index (χ1n) is 22.1. The molecule has 0 saturated carbocycles. The molecule has 0 N–H and O–H groups in total. The van der Waals surface area contributed by atoms with Gasteiger partial charge in [-0.3, -0.25) is 0 Å². The fraction of sp³-hybridized carbons (Fsp3) is 0.161. The van der Waals surface area contributed by atoms with E-state index in [1.807, 2.05) is 0 Å². The van der Waals surface area contributed by atoms with Gasteiger partial charge in [-0.05, 0) is 44.8 Å². The van der Waals surface area contributed by atoms with Crippen molar-refractivity contribution in [2.24, 2.45) is 0 Å². The van der Waals surface area contributed by atoms with Crippen molar-refractivity contribution in [2.45, 2.75) is 43.9 Å². The summed E-state index contributed by atoms with van der Waals surface area (Å²) in [5.74, 6) is 2.00. The van der Waals surface area contributed by atoms with E-state index < -0.39 is 16.1 Å². The Balaban J connectivity index is 0.000000207. The Morgan fingerprint density at radius 1 is 0.544 bits per heavy atom. The fourth-order valence-electron chi connectivity index (χ4n) is 9.83. The first kappa shape index (κ1) is 55.1. The quantitative estimate of drug-likeness (QED) is 0.106. The van der Waals surface area contributed by atoms with E-state index in [-0.39, 0.29) is 18.9 Å². The summed E-state index contributed by atoms with van der Waals surface area (Å²) in [6, 6.07) is 61.6. The summed E-state index contributed by atoms with van der Waals surface area (Å²) in [5, 5.41) is 10.9. The zero-order valence-corrected chi connectivity index (χ0v) is 47.1. The molecule has 0 saturated heterocycles. The van der Waals surface area contributed by atoms with Crippen LogP contribution in [0.5, 0.6) is 11.5 Å². The molecule has 0 aromatic heterocycles. The van der Waals surface area contributed by atoms with E-state index in [9.17, 15) is 0 Å². The minimum Gasteiger partial charge on any atom is -0.497 e. The van der Waals surface area contributed by atoms with Crippen LogP contribution in [-0.2, 0) is 71.4 Å². The summed E-state index contributed by atoms with van der Waals surface area (Å²) < 4.78 is 11.7. The van der Waals surface area contributed by atoms with Gasteiger partial charge in [0.25, 0.3) is 0 Å². The number of allylic oxidation sites excluding steroid dienone is 2. The molecule has 0 fully saturated rings. The van der Waals surface area contributed by atoms with Gasteiger partial charge in [0.15, 0.2) is 0 Å². The molecular weight excluding hydrogens is 992 g/mol. The molecule has 0 bridgehead atoms. The molecule has 68 heavy (non-hydrogen) atoms. The van der Waals surface area contributed by atoms with E-state index in [2.05, 4.69) is 266 Å². The van der Waals surface area contributed by atoms with E-state index in [1.54, 1.807) is 14.2 Å². The summed E-state index contributed by atoms with van der Waals surface area (Å²) in [4.78, 5) is 0. The van der Waals surface area contributed by atoms with Crippen LogP contribution < -0.4 is 49.1 Å². The van der Waals surface area contributed by atoms with Gasteiger partial charge in [0, 0.05) is 82.5 Å². The van der Waals surface area contributed by atoms with Crippen LogP contribution >= 0.6 is 0 Å². The minimum atomic E-state index is -2.29. The molecule has 2 unspecified atom stereocenters. The predicted octanol–water partition coefficient (Wildman–Crippen LogP) is 8.83. The molecule has 12 heteroatoms. The van der Waals surface area contributed by atoms with Crippen LogP contribution in [0.25, 0.3) is 33.7 Å². The van der Waals surface area contributed by atoms with Crippen LogP contribution in [0.15, 0.2) is 182 Å². The fourth-order valence-corrected chi connectivity index (χ4v) is 19.2. The normalized spacial score (nSPS) is 14.6. The number of benzene rings is 6. The Bertz CT molecular complexity index is 2960. The van der Waals surface area contributed by atoms with Crippen molar-refractivity contribution in [3.05, 3.63) is 211 Å². The molecule has 0 aliphatic heterocycles. The van der Waals surface area contributed by atoms with Crippen LogP contribution in [0, 0.1) is 6.92 Å². The molecule has 2 aliphatic rings. The number of ether oxygens (including phenoxy) is 2. The number of hydrogen-bond acceptors (Lipinski definition) is 6.